The van der Waals surface area contributed by atoms with Gasteiger partial charge in [0, 0.05) is 42.0 Å². The highest BCUT2D eigenvalue weighted by Gasteiger charge is 2.46. The van der Waals surface area contributed by atoms with Gasteiger partial charge in [0.2, 0.25) is 0 Å². The molecule has 1 fully saturated rings. The van der Waals surface area contributed by atoms with Crippen LogP contribution in [0.5, 0.6) is 0 Å². The molecule has 3 aromatic carbocycles. The van der Waals surface area contributed by atoms with E-state index in [1.54, 1.807) is 12.1 Å². The van der Waals surface area contributed by atoms with E-state index in [4.69, 9.17) is 0 Å². The van der Waals surface area contributed by atoms with Gasteiger partial charge in [-0.3, -0.25) is 19.8 Å². The first-order valence-electron chi connectivity index (χ1n) is 13.1. The summed E-state index contributed by atoms with van der Waals surface area (Å²) in [6.45, 7) is 6.85. The van der Waals surface area contributed by atoms with Crippen LogP contribution < -0.4 is 5.32 Å². The Morgan fingerprint density at radius 1 is 0.946 bits per heavy atom. The lowest BCUT2D eigenvalue weighted by Gasteiger charge is -2.47. The van der Waals surface area contributed by atoms with E-state index in [1.165, 1.54) is 0 Å². The van der Waals surface area contributed by atoms with E-state index < -0.39 is 6.17 Å². The van der Waals surface area contributed by atoms with Crippen molar-refractivity contribution in [2.24, 2.45) is 5.92 Å². The molecule has 0 saturated carbocycles. The Kier molecular flexibility index (Phi) is 9.04. The van der Waals surface area contributed by atoms with Gasteiger partial charge in [-0.15, -0.1) is 0 Å². The van der Waals surface area contributed by atoms with Gasteiger partial charge in [0.15, 0.2) is 0 Å². The van der Waals surface area contributed by atoms with Crippen molar-refractivity contribution < 1.29 is 9.72 Å². The van der Waals surface area contributed by atoms with Gasteiger partial charge in [0.05, 0.1) is 6.04 Å². The average Bonchev–Trinajstić information content (AvgIpc) is 2.94. The Balaban J connectivity index is 1.66. The highest BCUT2D eigenvalue weighted by atomic mass is 16.6. The lowest BCUT2D eigenvalue weighted by Crippen LogP contribution is -2.60. The second-order valence-corrected chi connectivity index (χ2v) is 9.55. The summed E-state index contributed by atoms with van der Waals surface area (Å²) < 4.78 is 0. The smallest absolute Gasteiger partial charge is 0.269 e. The molecule has 1 amide bonds. The number of piperidine rings is 1. The number of hydrogen-bond acceptors (Lipinski definition) is 5. The number of likely N-dealkylation sites (tertiary alicyclic amines) is 1. The standard InChI is InChI=1S/C30H36N4O3/c1-3-32(4-2)27-22-33(29(23-14-8-5-9-15-23)24-16-10-6-11-17-24)28(34(36)37)20-26(27)21-31-30(35)25-18-12-7-13-19-25/h5-19,26-29H,3-4,20-22H2,1-2H3,(H,31,35). The van der Waals surface area contributed by atoms with Gasteiger partial charge in [-0.2, -0.15) is 0 Å². The largest absolute Gasteiger partial charge is 0.352 e. The van der Waals surface area contributed by atoms with Crippen molar-refractivity contribution in [3.8, 4) is 0 Å². The molecule has 0 aromatic heterocycles. The first-order valence-corrected chi connectivity index (χ1v) is 13.1. The van der Waals surface area contributed by atoms with Crippen LogP contribution in [0.4, 0.5) is 0 Å². The van der Waals surface area contributed by atoms with Crippen molar-refractivity contribution in [1.29, 1.82) is 0 Å². The third-order valence-electron chi connectivity index (χ3n) is 7.49. The van der Waals surface area contributed by atoms with Crippen LogP contribution in [0.25, 0.3) is 0 Å². The van der Waals surface area contributed by atoms with Crippen molar-refractivity contribution >= 4 is 5.91 Å². The predicted molar refractivity (Wildman–Crippen MR) is 146 cm³/mol. The summed E-state index contributed by atoms with van der Waals surface area (Å²) in [6, 6.07) is 29.0. The van der Waals surface area contributed by atoms with E-state index in [2.05, 4.69) is 29.0 Å². The van der Waals surface area contributed by atoms with E-state index in [1.807, 2.05) is 78.9 Å². The summed E-state index contributed by atoms with van der Waals surface area (Å²) in [4.78, 5) is 29.6. The molecule has 3 atom stereocenters. The summed E-state index contributed by atoms with van der Waals surface area (Å²) >= 11 is 0. The fraction of sp³-hybridized carbons (Fsp3) is 0.367. The molecule has 1 aliphatic heterocycles. The number of carbonyl (C=O) groups is 1. The minimum absolute atomic E-state index is 0.0496. The van der Waals surface area contributed by atoms with E-state index in [0.29, 0.717) is 25.1 Å². The number of amides is 1. The third-order valence-corrected chi connectivity index (χ3v) is 7.49. The SMILES string of the molecule is CCN(CC)C1CN(C(c2ccccc2)c2ccccc2)C([N+](=O)[O-])CC1CNC(=O)c1ccccc1. The van der Waals surface area contributed by atoms with Crippen LogP contribution in [-0.4, -0.2) is 59.0 Å². The Morgan fingerprint density at radius 2 is 1.46 bits per heavy atom. The molecule has 194 valence electrons. The maximum atomic E-state index is 12.8. The molecule has 4 rings (SSSR count). The fourth-order valence-electron chi connectivity index (χ4n) is 5.62. The molecule has 1 saturated heterocycles. The number of rotatable bonds is 10. The molecular weight excluding hydrogens is 464 g/mol. The van der Waals surface area contributed by atoms with E-state index in [0.717, 1.165) is 24.2 Å². The van der Waals surface area contributed by atoms with Gasteiger partial charge >= 0.3 is 0 Å². The normalized spacial score (nSPS) is 20.2. The highest BCUT2D eigenvalue weighted by Crippen LogP contribution is 2.37. The monoisotopic (exact) mass is 500 g/mol. The maximum absolute atomic E-state index is 12.8. The second kappa shape index (κ2) is 12.6. The maximum Gasteiger partial charge on any atom is 0.269 e. The highest BCUT2D eigenvalue weighted by molar-refractivity contribution is 5.94. The first-order chi connectivity index (χ1) is 18.0. The van der Waals surface area contributed by atoms with E-state index in [-0.39, 0.29) is 28.8 Å². The average molecular weight is 501 g/mol. The quantitative estimate of drug-likeness (QED) is 0.318. The van der Waals surface area contributed by atoms with Crippen LogP contribution >= 0.6 is 0 Å². The van der Waals surface area contributed by atoms with Crippen molar-refractivity contribution in [3.63, 3.8) is 0 Å². The summed E-state index contributed by atoms with van der Waals surface area (Å²) in [6.07, 6.45) is -0.504. The van der Waals surface area contributed by atoms with E-state index in [9.17, 15) is 14.9 Å². The minimum Gasteiger partial charge on any atom is -0.352 e. The summed E-state index contributed by atoms with van der Waals surface area (Å²) in [7, 11) is 0. The molecule has 0 aliphatic carbocycles. The Labute approximate surface area is 219 Å². The molecule has 3 aromatic rings. The number of nitrogens with zero attached hydrogens (tertiary/aromatic N) is 3. The van der Waals surface area contributed by atoms with E-state index >= 15 is 0 Å². The Morgan fingerprint density at radius 3 is 1.95 bits per heavy atom. The van der Waals surface area contributed by atoms with Gasteiger partial charge in [0.1, 0.15) is 0 Å². The summed E-state index contributed by atoms with van der Waals surface area (Å²) in [5.74, 6) is -0.197. The van der Waals surface area contributed by atoms with Gasteiger partial charge in [-0.05, 0) is 36.3 Å². The molecule has 1 heterocycles. The van der Waals surface area contributed by atoms with Crippen molar-refractivity contribution in [2.75, 3.05) is 26.2 Å². The zero-order chi connectivity index (χ0) is 26.2. The number of benzene rings is 3. The predicted octanol–water partition coefficient (Wildman–Crippen LogP) is 4.84. The number of nitrogens with one attached hydrogen (secondary N) is 1. The second-order valence-electron chi connectivity index (χ2n) is 9.55. The van der Waals surface area contributed by atoms with Crippen molar-refractivity contribution in [1.82, 2.24) is 15.1 Å². The first kappa shape index (κ1) is 26.5. The molecule has 3 unspecified atom stereocenters. The summed E-state index contributed by atoms with van der Waals surface area (Å²) in [5, 5.41) is 15.6. The lowest BCUT2D eigenvalue weighted by molar-refractivity contribution is -0.559. The molecular formula is C30H36N4O3. The van der Waals surface area contributed by atoms with Crippen LogP contribution in [-0.2, 0) is 0 Å². The molecule has 1 aliphatic rings. The number of hydrogen-bond donors (Lipinski definition) is 1. The molecule has 7 nitrogen and oxygen atoms in total. The third kappa shape index (κ3) is 6.24. The minimum atomic E-state index is -0.865. The van der Waals surface area contributed by atoms with Crippen LogP contribution in [0.2, 0.25) is 0 Å². The van der Waals surface area contributed by atoms with Crippen LogP contribution in [0, 0.1) is 16.0 Å². The van der Waals surface area contributed by atoms with Crippen molar-refractivity contribution in [2.45, 2.75) is 38.5 Å². The van der Waals surface area contributed by atoms with Crippen molar-refractivity contribution in [3.05, 3.63) is 118 Å². The van der Waals surface area contributed by atoms with Crippen LogP contribution in [0.1, 0.15) is 47.8 Å². The molecule has 0 bridgehead atoms. The number of likely N-dealkylation sites (N-methyl/N-ethyl adjacent to an activating group) is 1. The van der Waals surface area contributed by atoms with Gasteiger partial charge in [-0.1, -0.05) is 92.7 Å². The Hall–Kier alpha value is -3.55. The lowest BCUT2D eigenvalue weighted by atomic mass is 9.85. The molecule has 1 N–H and O–H groups in total. The van der Waals surface area contributed by atoms with Gasteiger partial charge in [0.25, 0.3) is 12.1 Å². The van der Waals surface area contributed by atoms with Gasteiger partial charge in [-0.25, -0.2) is 4.90 Å². The molecule has 37 heavy (non-hydrogen) atoms. The zero-order valence-electron chi connectivity index (χ0n) is 21.6. The topological polar surface area (TPSA) is 78.7 Å². The zero-order valence-corrected chi connectivity index (χ0v) is 21.6. The fourth-order valence-corrected chi connectivity index (χ4v) is 5.62. The number of carbonyl (C=O) groups excluding carboxylic acids is 1. The Bertz CT molecular complexity index is 1100. The molecule has 7 heteroatoms. The van der Waals surface area contributed by atoms with Crippen LogP contribution in [0.15, 0.2) is 91.0 Å². The summed E-state index contributed by atoms with van der Waals surface area (Å²) in [5.41, 5.74) is 2.67. The molecule has 0 radical (unpaired) electrons. The number of nitro groups is 1. The van der Waals surface area contributed by atoms with Crippen LogP contribution in [0.3, 0.4) is 0 Å². The van der Waals surface area contributed by atoms with Gasteiger partial charge < -0.3 is 5.32 Å². The molecule has 0 spiro atoms.